The number of aliphatic hydroxyl groups is 2. The van der Waals surface area contributed by atoms with Gasteiger partial charge in [0.15, 0.2) is 11.9 Å². The summed E-state index contributed by atoms with van der Waals surface area (Å²) in [4.78, 5) is 11.1. The van der Waals surface area contributed by atoms with Gasteiger partial charge in [-0.1, -0.05) is 37.6 Å². The molecule has 0 aliphatic carbocycles. The number of ether oxygens (including phenoxy) is 1. The molecular weight excluding hydrogens is 232 g/mol. The van der Waals surface area contributed by atoms with Gasteiger partial charge in [0.1, 0.15) is 0 Å². The van der Waals surface area contributed by atoms with Crippen molar-refractivity contribution in [1.82, 2.24) is 0 Å². The molecule has 96 valence electrons. The first-order valence-corrected chi connectivity index (χ1v) is 6.05. The van der Waals surface area contributed by atoms with Crippen LogP contribution in [-0.2, 0) is 16.0 Å². The Morgan fingerprint density at radius 2 is 1.89 bits per heavy atom. The molecule has 1 aliphatic heterocycles. The molecule has 2 rings (SSSR count). The van der Waals surface area contributed by atoms with Crippen molar-refractivity contribution in [3.8, 4) is 0 Å². The lowest BCUT2D eigenvalue weighted by Gasteiger charge is -2.10. The van der Waals surface area contributed by atoms with Crippen LogP contribution in [0.1, 0.15) is 37.0 Å². The first-order valence-electron chi connectivity index (χ1n) is 6.05. The second kappa shape index (κ2) is 5.12. The highest BCUT2D eigenvalue weighted by Crippen LogP contribution is 2.32. The number of carbonyl (C=O) groups is 1. The zero-order valence-corrected chi connectivity index (χ0v) is 10.2. The minimum absolute atomic E-state index is 0.415. The Balaban J connectivity index is 2.14. The molecule has 0 aromatic heterocycles. The lowest BCUT2D eigenvalue weighted by atomic mass is 10.0. The van der Waals surface area contributed by atoms with Gasteiger partial charge in [0.25, 0.3) is 0 Å². The topological polar surface area (TPSA) is 66.8 Å². The number of aryl methyl sites for hydroxylation is 1. The first kappa shape index (κ1) is 12.5. The fourth-order valence-corrected chi connectivity index (χ4v) is 1.91. The van der Waals surface area contributed by atoms with Crippen molar-refractivity contribution in [2.75, 3.05) is 0 Å². The SMILES string of the molecule is CCCCc1ccc(C2OC(=O)C(O)=C2O)cc1. The van der Waals surface area contributed by atoms with Gasteiger partial charge in [-0.15, -0.1) is 0 Å². The Hall–Kier alpha value is -1.97. The Morgan fingerprint density at radius 3 is 2.39 bits per heavy atom. The van der Waals surface area contributed by atoms with E-state index in [1.165, 1.54) is 5.56 Å². The highest BCUT2D eigenvalue weighted by Gasteiger charge is 2.35. The summed E-state index contributed by atoms with van der Waals surface area (Å²) in [7, 11) is 0. The molecule has 0 bridgehead atoms. The Morgan fingerprint density at radius 1 is 1.22 bits per heavy atom. The van der Waals surface area contributed by atoms with Crippen LogP contribution in [0.15, 0.2) is 35.8 Å². The molecule has 1 aromatic carbocycles. The van der Waals surface area contributed by atoms with Crippen molar-refractivity contribution in [3.05, 3.63) is 46.9 Å². The van der Waals surface area contributed by atoms with Crippen molar-refractivity contribution in [2.45, 2.75) is 32.3 Å². The average Bonchev–Trinajstić information content (AvgIpc) is 2.65. The van der Waals surface area contributed by atoms with E-state index in [1.54, 1.807) is 12.1 Å². The number of hydrogen-bond donors (Lipinski definition) is 2. The molecule has 2 N–H and O–H groups in total. The number of benzene rings is 1. The number of cyclic esters (lactones) is 1. The van der Waals surface area contributed by atoms with E-state index < -0.39 is 23.6 Å². The first-order chi connectivity index (χ1) is 8.63. The van der Waals surface area contributed by atoms with Crippen molar-refractivity contribution in [3.63, 3.8) is 0 Å². The lowest BCUT2D eigenvalue weighted by molar-refractivity contribution is -0.142. The summed E-state index contributed by atoms with van der Waals surface area (Å²) in [5.41, 5.74) is 1.86. The van der Waals surface area contributed by atoms with Crippen molar-refractivity contribution in [1.29, 1.82) is 0 Å². The highest BCUT2D eigenvalue weighted by atomic mass is 16.6. The van der Waals surface area contributed by atoms with Crippen LogP contribution in [0.25, 0.3) is 0 Å². The molecule has 1 aromatic rings. The van der Waals surface area contributed by atoms with Gasteiger partial charge in [-0.25, -0.2) is 4.79 Å². The van der Waals surface area contributed by atoms with E-state index in [1.807, 2.05) is 12.1 Å². The molecule has 1 heterocycles. The Kier molecular flexibility index (Phi) is 3.55. The van der Waals surface area contributed by atoms with Crippen LogP contribution in [0.3, 0.4) is 0 Å². The molecule has 1 aliphatic rings. The predicted octanol–water partition coefficient (Wildman–Crippen LogP) is 2.95. The van der Waals surface area contributed by atoms with Crippen LogP contribution in [0, 0.1) is 0 Å². The highest BCUT2D eigenvalue weighted by molar-refractivity contribution is 5.89. The number of hydrogen-bond acceptors (Lipinski definition) is 4. The molecular formula is C14H16O4. The van der Waals surface area contributed by atoms with Crippen LogP contribution < -0.4 is 0 Å². The molecule has 1 atom stereocenters. The summed E-state index contributed by atoms with van der Waals surface area (Å²) < 4.78 is 4.88. The van der Waals surface area contributed by atoms with Gasteiger partial charge in [-0.3, -0.25) is 0 Å². The van der Waals surface area contributed by atoms with Crippen molar-refractivity contribution < 1.29 is 19.7 Å². The standard InChI is InChI=1S/C14H16O4/c1-2-3-4-9-5-7-10(8-6-9)13-11(15)12(16)14(17)18-13/h5-8,13,15-16H,2-4H2,1H3. The van der Waals surface area contributed by atoms with Gasteiger partial charge in [-0.2, -0.15) is 0 Å². The second-order valence-corrected chi connectivity index (χ2v) is 4.36. The fourth-order valence-electron chi connectivity index (χ4n) is 1.91. The molecule has 1 unspecified atom stereocenters. The maximum atomic E-state index is 11.1. The number of aliphatic hydroxyl groups excluding tert-OH is 2. The van der Waals surface area contributed by atoms with Gasteiger partial charge in [0.2, 0.25) is 5.76 Å². The Bertz CT molecular complexity index is 473. The smallest absolute Gasteiger partial charge is 0.378 e. The van der Waals surface area contributed by atoms with Crippen LogP contribution in [0.4, 0.5) is 0 Å². The lowest BCUT2D eigenvalue weighted by Crippen LogP contribution is -2.03. The summed E-state index contributed by atoms with van der Waals surface area (Å²) in [5, 5.41) is 18.8. The van der Waals surface area contributed by atoms with E-state index in [4.69, 9.17) is 4.74 Å². The minimum atomic E-state index is -0.882. The zero-order valence-electron chi connectivity index (χ0n) is 10.2. The van der Waals surface area contributed by atoms with Crippen LogP contribution in [0.5, 0.6) is 0 Å². The van der Waals surface area contributed by atoms with Crippen molar-refractivity contribution >= 4 is 5.97 Å². The van der Waals surface area contributed by atoms with Crippen LogP contribution in [0.2, 0.25) is 0 Å². The third-order valence-electron chi connectivity index (χ3n) is 3.01. The quantitative estimate of drug-likeness (QED) is 0.804. The van der Waals surface area contributed by atoms with E-state index in [0.717, 1.165) is 19.3 Å². The number of esters is 1. The molecule has 4 heteroatoms. The maximum absolute atomic E-state index is 11.1. The van der Waals surface area contributed by atoms with Gasteiger partial charge < -0.3 is 14.9 Å². The monoisotopic (exact) mass is 248 g/mol. The summed E-state index contributed by atoms with van der Waals surface area (Å²) >= 11 is 0. The molecule has 0 spiro atoms. The van der Waals surface area contributed by atoms with Gasteiger partial charge in [-0.05, 0) is 18.4 Å². The molecule has 4 nitrogen and oxygen atoms in total. The largest absolute Gasteiger partial charge is 0.505 e. The normalized spacial score (nSPS) is 19.2. The molecule has 0 saturated carbocycles. The summed E-state index contributed by atoms with van der Waals surface area (Å²) in [6.45, 7) is 2.14. The maximum Gasteiger partial charge on any atom is 0.378 e. The van der Waals surface area contributed by atoms with E-state index in [9.17, 15) is 15.0 Å². The van der Waals surface area contributed by atoms with Gasteiger partial charge in [0, 0.05) is 5.56 Å². The minimum Gasteiger partial charge on any atom is -0.505 e. The van der Waals surface area contributed by atoms with Crippen molar-refractivity contribution in [2.24, 2.45) is 0 Å². The fraction of sp³-hybridized carbons (Fsp3) is 0.357. The molecule has 0 radical (unpaired) electrons. The zero-order chi connectivity index (χ0) is 13.1. The van der Waals surface area contributed by atoms with E-state index in [-0.39, 0.29) is 0 Å². The average molecular weight is 248 g/mol. The third-order valence-corrected chi connectivity index (χ3v) is 3.01. The van der Waals surface area contributed by atoms with Crippen LogP contribution in [-0.4, -0.2) is 16.2 Å². The molecule has 0 saturated heterocycles. The van der Waals surface area contributed by atoms with E-state index in [2.05, 4.69) is 6.92 Å². The second-order valence-electron chi connectivity index (χ2n) is 4.36. The molecule has 0 amide bonds. The number of rotatable bonds is 4. The van der Waals surface area contributed by atoms with Gasteiger partial charge in [0.05, 0.1) is 0 Å². The Labute approximate surface area is 106 Å². The summed E-state index contributed by atoms with van der Waals surface area (Å²) in [5.74, 6) is -2.00. The number of unbranched alkanes of at least 4 members (excludes halogenated alkanes) is 1. The van der Waals surface area contributed by atoms with Crippen LogP contribution >= 0.6 is 0 Å². The molecule has 18 heavy (non-hydrogen) atoms. The number of carbonyl (C=O) groups excluding carboxylic acids is 1. The molecule has 0 fully saturated rings. The summed E-state index contributed by atoms with van der Waals surface area (Å²) in [6.07, 6.45) is 2.40. The summed E-state index contributed by atoms with van der Waals surface area (Å²) in [6, 6.07) is 7.50. The third kappa shape index (κ3) is 2.32. The van der Waals surface area contributed by atoms with E-state index >= 15 is 0 Å². The van der Waals surface area contributed by atoms with E-state index in [0.29, 0.717) is 5.56 Å². The van der Waals surface area contributed by atoms with Gasteiger partial charge >= 0.3 is 5.97 Å². The predicted molar refractivity (Wildman–Crippen MR) is 66.2 cm³/mol.